The molecule has 0 unspecified atom stereocenters. The number of hydrogen-bond acceptors (Lipinski definition) is 2. The average molecular weight is 186 g/mol. The molecule has 2 aromatic rings. The molecule has 0 aliphatic rings. The van der Waals surface area contributed by atoms with Gasteiger partial charge in [-0.3, -0.25) is 4.98 Å². The summed E-state index contributed by atoms with van der Waals surface area (Å²) >= 11 is 0. The number of nitrogens with zero attached hydrogens (tertiary/aromatic N) is 1. The molecule has 0 aliphatic heterocycles. The Morgan fingerprint density at radius 1 is 1.36 bits per heavy atom. The number of furan rings is 1. The van der Waals surface area contributed by atoms with E-state index in [1.807, 2.05) is 31.5 Å². The summed E-state index contributed by atoms with van der Waals surface area (Å²) in [4.78, 5) is 4.28. The van der Waals surface area contributed by atoms with Crippen molar-refractivity contribution in [2.45, 2.75) is 13.3 Å². The van der Waals surface area contributed by atoms with Gasteiger partial charge in [0.2, 0.25) is 0 Å². The van der Waals surface area contributed by atoms with Crippen molar-refractivity contribution in [1.29, 1.82) is 0 Å². The molecule has 14 heavy (non-hydrogen) atoms. The Labute approximate surface area is 83.6 Å². The smallest absolute Gasteiger partial charge is 0.108 e. The third-order valence-electron chi connectivity index (χ3n) is 2.14. The summed E-state index contributed by atoms with van der Waals surface area (Å²) in [5.41, 5.74) is 2.23. The van der Waals surface area contributed by atoms with E-state index < -0.39 is 0 Å². The van der Waals surface area contributed by atoms with Gasteiger partial charge in [-0.25, -0.2) is 0 Å². The Hall–Kier alpha value is -1.57. The molecule has 2 heteroatoms. The van der Waals surface area contributed by atoms with Crippen molar-refractivity contribution in [2.24, 2.45) is 0 Å². The second kappa shape index (κ2) is 4.09. The summed E-state index contributed by atoms with van der Waals surface area (Å²) in [6.45, 7) is 1.99. The Morgan fingerprint density at radius 3 is 3.00 bits per heavy atom. The van der Waals surface area contributed by atoms with Crippen LogP contribution in [0.3, 0.4) is 0 Å². The zero-order valence-electron chi connectivity index (χ0n) is 8.10. The lowest BCUT2D eigenvalue weighted by atomic mass is 10.1. The van der Waals surface area contributed by atoms with Crippen LogP contribution in [0.15, 0.2) is 41.1 Å². The predicted octanol–water partition coefficient (Wildman–Crippen LogP) is 2.84. The molecular formula is C12H12NO. The van der Waals surface area contributed by atoms with E-state index in [1.54, 1.807) is 12.5 Å². The molecule has 0 saturated carbocycles. The van der Waals surface area contributed by atoms with Gasteiger partial charge in [0.15, 0.2) is 0 Å². The fourth-order valence-electron chi connectivity index (χ4n) is 1.46. The van der Waals surface area contributed by atoms with Crippen LogP contribution in [0.25, 0.3) is 0 Å². The third-order valence-corrected chi connectivity index (χ3v) is 2.14. The monoisotopic (exact) mass is 186 g/mol. The van der Waals surface area contributed by atoms with Crippen molar-refractivity contribution in [2.75, 3.05) is 0 Å². The highest BCUT2D eigenvalue weighted by Gasteiger charge is 2.03. The molecule has 0 amide bonds. The quantitative estimate of drug-likeness (QED) is 0.736. The minimum Gasteiger partial charge on any atom is -0.469 e. The Balaban J connectivity index is 2.24. The Morgan fingerprint density at radius 2 is 2.29 bits per heavy atom. The van der Waals surface area contributed by atoms with E-state index >= 15 is 0 Å². The van der Waals surface area contributed by atoms with Crippen molar-refractivity contribution in [3.8, 4) is 0 Å². The first-order valence-electron chi connectivity index (χ1n) is 4.66. The number of hydrogen-bond donors (Lipinski definition) is 0. The molecule has 0 fully saturated rings. The molecule has 0 saturated heterocycles. The molecule has 0 spiro atoms. The first kappa shape index (κ1) is 9.00. The molecule has 0 bridgehead atoms. The summed E-state index contributed by atoms with van der Waals surface area (Å²) in [7, 11) is 0. The maximum atomic E-state index is 5.30. The van der Waals surface area contributed by atoms with Crippen LogP contribution in [0.4, 0.5) is 0 Å². The van der Waals surface area contributed by atoms with Gasteiger partial charge in [0.1, 0.15) is 5.76 Å². The van der Waals surface area contributed by atoms with Gasteiger partial charge in [-0.15, -0.1) is 0 Å². The van der Waals surface area contributed by atoms with Crippen LogP contribution < -0.4 is 0 Å². The summed E-state index contributed by atoms with van der Waals surface area (Å²) in [5, 5.41) is 0. The van der Waals surface area contributed by atoms with Crippen LogP contribution in [0, 0.1) is 6.42 Å². The molecule has 0 aliphatic carbocycles. The first-order chi connectivity index (χ1) is 6.90. The van der Waals surface area contributed by atoms with Gasteiger partial charge >= 0.3 is 0 Å². The van der Waals surface area contributed by atoms with E-state index in [4.69, 9.17) is 4.42 Å². The predicted molar refractivity (Wildman–Crippen MR) is 54.8 cm³/mol. The van der Waals surface area contributed by atoms with Crippen LogP contribution in [-0.2, 0) is 6.42 Å². The van der Waals surface area contributed by atoms with Crippen LogP contribution in [0.2, 0.25) is 0 Å². The van der Waals surface area contributed by atoms with E-state index in [1.165, 1.54) is 5.56 Å². The summed E-state index contributed by atoms with van der Waals surface area (Å²) < 4.78 is 5.30. The highest BCUT2D eigenvalue weighted by atomic mass is 16.3. The standard InChI is InChI=1S/C12H12NO/c1-2-12-10(5-3-7-13-12)9-11-6-4-8-14-11/h2-8H,9H2,1H3. The molecule has 2 rings (SSSR count). The maximum absolute atomic E-state index is 5.30. The molecule has 71 valence electrons. The summed E-state index contributed by atoms with van der Waals surface area (Å²) in [6.07, 6.45) is 6.32. The highest BCUT2D eigenvalue weighted by Crippen LogP contribution is 2.13. The summed E-state index contributed by atoms with van der Waals surface area (Å²) in [6, 6.07) is 7.91. The molecule has 2 nitrogen and oxygen atoms in total. The Kier molecular flexibility index (Phi) is 2.63. The Bertz CT molecular complexity index is 392. The van der Waals surface area contributed by atoms with Crippen molar-refractivity contribution in [3.05, 3.63) is 60.2 Å². The normalized spacial score (nSPS) is 10.4. The van der Waals surface area contributed by atoms with Gasteiger partial charge in [0.25, 0.3) is 0 Å². The number of pyridine rings is 1. The van der Waals surface area contributed by atoms with Crippen LogP contribution in [-0.4, -0.2) is 4.98 Å². The molecule has 2 aromatic heterocycles. The van der Waals surface area contributed by atoms with Crippen LogP contribution in [0.5, 0.6) is 0 Å². The van der Waals surface area contributed by atoms with Gasteiger partial charge in [0.05, 0.1) is 6.26 Å². The number of aromatic nitrogens is 1. The van der Waals surface area contributed by atoms with Gasteiger partial charge in [-0.05, 0) is 23.8 Å². The van der Waals surface area contributed by atoms with Gasteiger partial charge in [-0.1, -0.05) is 13.0 Å². The second-order valence-electron chi connectivity index (χ2n) is 3.09. The van der Waals surface area contributed by atoms with Crippen molar-refractivity contribution in [1.82, 2.24) is 4.98 Å². The highest BCUT2D eigenvalue weighted by molar-refractivity contribution is 5.28. The van der Waals surface area contributed by atoms with Gasteiger partial charge in [-0.2, -0.15) is 0 Å². The van der Waals surface area contributed by atoms with Crippen molar-refractivity contribution < 1.29 is 4.42 Å². The molecule has 0 N–H and O–H groups in total. The molecule has 1 radical (unpaired) electrons. The van der Waals surface area contributed by atoms with Crippen molar-refractivity contribution >= 4 is 0 Å². The third kappa shape index (κ3) is 1.84. The lowest BCUT2D eigenvalue weighted by molar-refractivity contribution is 0.520. The van der Waals surface area contributed by atoms with Gasteiger partial charge < -0.3 is 4.42 Å². The van der Waals surface area contributed by atoms with E-state index in [-0.39, 0.29) is 0 Å². The zero-order valence-corrected chi connectivity index (χ0v) is 8.10. The van der Waals surface area contributed by atoms with E-state index in [0.29, 0.717) is 0 Å². The van der Waals surface area contributed by atoms with Crippen LogP contribution >= 0.6 is 0 Å². The second-order valence-corrected chi connectivity index (χ2v) is 3.09. The van der Waals surface area contributed by atoms with E-state index in [9.17, 15) is 0 Å². The lowest BCUT2D eigenvalue weighted by Gasteiger charge is -2.03. The fourth-order valence-corrected chi connectivity index (χ4v) is 1.46. The minimum atomic E-state index is 0.806. The van der Waals surface area contributed by atoms with Crippen molar-refractivity contribution in [3.63, 3.8) is 0 Å². The molecular weight excluding hydrogens is 174 g/mol. The van der Waals surface area contributed by atoms with E-state index in [0.717, 1.165) is 17.9 Å². The van der Waals surface area contributed by atoms with Gasteiger partial charge in [0, 0.05) is 24.7 Å². The average Bonchev–Trinajstić information content (AvgIpc) is 2.71. The fraction of sp³-hybridized carbons (Fsp3) is 0.167. The minimum absolute atomic E-state index is 0.806. The topological polar surface area (TPSA) is 26.0 Å². The maximum Gasteiger partial charge on any atom is 0.108 e. The summed E-state index contributed by atoms with van der Waals surface area (Å²) in [5.74, 6) is 0.973. The SMILES string of the molecule is C[CH]c1ncccc1Cc1ccco1. The largest absolute Gasteiger partial charge is 0.469 e. The first-order valence-corrected chi connectivity index (χ1v) is 4.66. The molecule has 2 heterocycles. The number of rotatable bonds is 3. The lowest BCUT2D eigenvalue weighted by Crippen LogP contribution is -1.94. The van der Waals surface area contributed by atoms with E-state index in [2.05, 4.69) is 11.1 Å². The molecule has 0 atom stereocenters. The molecule has 0 aromatic carbocycles. The zero-order chi connectivity index (χ0) is 9.80. The van der Waals surface area contributed by atoms with Crippen LogP contribution in [0.1, 0.15) is 23.9 Å².